The minimum absolute atomic E-state index is 0.290. The molecule has 0 bridgehead atoms. The van der Waals surface area contributed by atoms with Gasteiger partial charge in [0.15, 0.2) is 5.82 Å². The number of nitrogens with zero attached hydrogens (tertiary/aromatic N) is 4. The molecule has 0 aliphatic carbocycles. The largest absolute Gasteiger partial charge is 0.321 e. The summed E-state index contributed by atoms with van der Waals surface area (Å²) in [5, 5.41) is 13.4. The lowest BCUT2D eigenvalue weighted by atomic mass is 10.1. The maximum absolute atomic E-state index is 12.8. The summed E-state index contributed by atoms with van der Waals surface area (Å²) in [5.74, 6) is 0.393. The van der Waals surface area contributed by atoms with Crippen LogP contribution in [0.2, 0.25) is 0 Å². The molecule has 8 nitrogen and oxygen atoms in total. The van der Waals surface area contributed by atoms with Crippen LogP contribution in [-0.2, 0) is 7.05 Å². The molecule has 0 atom stereocenters. The van der Waals surface area contributed by atoms with E-state index >= 15 is 0 Å². The third-order valence-corrected chi connectivity index (χ3v) is 4.43. The van der Waals surface area contributed by atoms with Crippen molar-refractivity contribution in [3.05, 3.63) is 90.4 Å². The molecule has 0 aliphatic rings. The fourth-order valence-corrected chi connectivity index (χ4v) is 2.90. The number of anilines is 2. The number of aryl methyl sites for hydroxylation is 1. The number of aromatic nitrogens is 4. The van der Waals surface area contributed by atoms with Crippen LogP contribution in [0.1, 0.15) is 20.7 Å². The van der Waals surface area contributed by atoms with Gasteiger partial charge in [-0.1, -0.05) is 30.3 Å². The van der Waals surface area contributed by atoms with Gasteiger partial charge in [0.05, 0.1) is 11.3 Å². The molecule has 0 fully saturated rings. The zero-order valence-corrected chi connectivity index (χ0v) is 16.1. The van der Waals surface area contributed by atoms with Crippen molar-refractivity contribution in [2.45, 2.75) is 0 Å². The second kappa shape index (κ2) is 8.36. The van der Waals surface area contributed by atoms with Crippen molar-refractivity contribution in [3.8, 4) is 11.4 Å². The summed E-state index contributed by atoms with van der Waals surface area (Å²) in [6, 6.07) is 19.1. The fourth-order valence-electron chi connectivity index (χ4n) is 2.90. The summed E-state index contributed by atoms with van der Waals surface area (Å²) in [6.45, 7) is 0. The van der Waals surface area contributed by atoms with E-state index in [2.05, 4.69) is 25.8 Å². The molecular weight excluding hydrogens is 380 g/mol. The van der Waals surface area contributed by atoms with Gasteiger partial charge in [-0.2, -0.15) is 0 Å². The van der Waals surface area contributed by atoms with Gasteiger partial charge in [0.25, 0.3) is 11.8 Å². The van der Waals surface area contributed by atoms with E-state index in [0.717, 1.165) is 5.56 Å². The molecule has 2 N–H and O–H groups in total. The van der Waals surface area contributed by atoms with Crippen LogP contribution in [0.5, 0.6) is 0 Å². The molecule has 8 heteroatoms. The molecule has 0 aliphatic heterocycles. The Morgan fingerprint density at radius 2 is 1.63 bits per heavy atom. The molecule has 2 heterocycles. The highest BCUT2D eigenvalue weighted by Crippen LogP contribution is 2.20. The molecule has 148 valence electrons. The Bertz CT molecular complexity index is 1190. The Balaban J connectivity index is 1.50. The zero-order chi connectivity index (χ0) is 20.9. The van der Waals surface area contributed by atoms with Gasteiger partial charge in [-0.05, 0) is 36.4 Å². The Morgan fingerprint density at radius 1 is 0.867 bits per heavy atom. The van der Waals surface area contributed by atoms with E-state index in [4.69, 9.17) is 0 Å². The van der Waals surface area contributed by atoms with Crippen molar-refractivity contribution in [3.63, 3.8) is 0 Å². The van der Waals surface area contributed by atoms with Gasteiger partial charge in [0.1, 0.15) is 12.1 Å². The van der Waals surface area contributed by atoms with Gasteiger partial charge in [-0.3, -0.25) is 9.59 Å². The van der Waals surface area contributed by atoms with Crippen LogP contribution in [0.3, 0.4) is 0 Å². The van der Waals surface area contributed by atoms with Gasteiger partial charge >= 0.3 is 0 Å². The summed E-state index contributed by atoms with van der Waals surface area (Å²) < 4.78 is 1.78. The maximum atomic E-state index is 12.8. The predicted octanol–water partition coefficient (Wildman–Crippen LogP) is 3.38. The molecular formula is C22H18N6O2. The number of pyridine rings is 1. The highest BCUT2D eigenvalue weighted by molar-refractivity contribution is 6.12. The first kappa shape index (κ1) is 19.0. The van der Waals surface area contributed by atoms with Gasteiger partial charge in [-0.25, -0.2) is 4.98 Å². The highest BCUT2D eigenvalue weighted by atomic mass is 16.2. The third kappa shape index (κ3) is 4.07. The van der Waals surface area contributed by atoms with Crippen LogP contribution in [0.15, 0.2) is 79.3 Å². The van der Waals surface area contributed by atoms with Gasteiger partial charge < -0.3 is 15.2 Å². The van der Waals surface area contributed by atoms with Crippen LogP contribution >= 0.6 is 0 Å². The van der Waals surface area contributed by atoms with E-state index in [1.54, 1.807) is 77.8 Å². The normalized spacial score (nSPS) is 10.4. The monoisotopic (exact) mass is 398 g/mol. The van der Waals surface area contributed by atoms with Gasteiger partial charge in [-0.15, -0.1) is 10.2 Å². The number of amides is 2. The average molecular weight is 398 g/mol. The summed E-state index contributed by atoms with van der Waals surface area (Å²) in [4.78, 5) is 29.5. The SMILES string of the molecule is Cn1cnnc1-c1ccc(NC(=O)c2ccccc2NC(=O)c2ccccc2)nc1. The maximum Gasteiger partial charge on any atom is 0.258 e. The van der Waals surface area contributed by atoms with Crippen molar-refractivity contribution in [1.82, 2.24) is 19.7 Å². The number of rotatable bonds is 5. The number of para-hydroxylation sites is 1. The first-order valence-electron chi connectivity index (χ1n) is 9.19. The molecule has 4 aromatic rings. The van der Waals surface area contributed by atoms with Gasteiger partial charge in [0.2, 0.25) is 0 Å². The molecule has 4 rings (SSSR count). The molecule has 2 aromatic heterocycles. The molecule has 0 spiro atoms. The van der Waals surface area contributed by atoms with E-state index in [-0.39, 0.29) is 11.8 Å². The summed E-state index contributed by atoms with van der Waals surface area (Å²) in [7, 11) is 1.84. The van der Waals surface area contributed by atoms with E-state index in [0.29, 0.717) is 28.5 Å². The topological polar surface area (TPSA) is 102 Å². The first-order valence-corrected chi connectivity index (χ1v) is 9.19. The van der Waals surface area contributed by atoms with Crippen molar-refractivity contribution in [2.75, 3.05) is 10.6 Å². The van der Waals surface area contributed by atoms with Crippen LogP contribution in [0, 0.1) is 0 Å². The minimum Gasteiger partial charge on any atom is -0.321 e. The quantitative estimate of drug-likeness (QED) is 0.537. The lowest BCUT2D eigenvalue weighted by molar-refractivity contribution is 0.102. The molecule has 0 saturated heterocycles. The molecule has 30 heavy (non-hydrogen) atoms. The summed E-state index contributed by atoms with van der Waals surface area (Å²) in [6.07, 6.45) is 3.22. The minimum atomic E-state index is -0.377. The van der Waals surface area contributed by atoms with Crippen molar-refractivity contribution in [2.24, 2.45) is 7.05 Å². The number of benzene rings is 2. The van der Waals surface area contributed by atoms with Crippen LogP contribution in [0.25, 0.3) is 11.4 Å². The Hall–Kier alpha value is -4.33. The molecule has 0 saturated carbocycles. The second-order valence-electron chi connectivity index (χ2n) is 6.52. The van der Waals surface area contributed by atoms with E-state index in [9.17, 15) is 9.59 Å². The molecule has 2 aromatic carbocycles. The van der Waals surface area contributed by atoms with E-state index in [1.165, 1.54) is 0 Å². The summed E-state index contributed by atoms with van der Waals surface area (Å²) >= 11 is 0. The molecule has 2 amide bonds. The highest BCUT2D eigenvalue weighted by Gasteiger charge is 2.15. The number of nitrogens with one attached hydrogen (secondary N) is 2. The number of carbonyl (C=O) groups is 2. The lowest BCUT2D eigenvalue weighted by Gasteiger charge is -2.11. The number of carbonyl (C=O) groups excluding carboxylic acids is 2. The summed E-state index contributed by atoms with van der Waals surface area (Å²) in [5.41, 5.74) is 2.04. The van der Waals surface area contributed by atoms with Crippen molar-refractivity contribution < 1.29 is 9.59 Å². The molecule has 0 unspecified atom stereocenters. The standard InChI is InChI=1S/C22H18N6O2/c1-28-14-24-27-20(28)16-11-12-19(23-13-16)26-22(30)17-9-5-6-10-18(17)25-21(29)15-7-3-2-4-8-15/h2-14H,1H3,(H,25,29)(H,23,26,30). The lowest BCUT2D eigenvalue weighted by Crippen LogP contribution is -2.18. The first-order chi connectivity index (χ1) is 14.6. The number of hydrogen-bond donors (Lipinski definition) is 2. The van der Waals surface area contributed by atoms with E-state index < -0.39 is 0 Å². The molecule has 0 radical (unpaired) electrons. The van der Waals surface area contributed by atoms with Crippen molar-refractivity contribution >= 4 is 23.3 Å². The predicted molar refractivity (Wildman–Crippen MR) is 113 cm³/mol. The van der Waals surface area contributed by atoms with Crippen LogP contribution < -0.4 is 10.6 Å². The smallest absolute Gasteiger partial charge is 0.258 e. The zero-order valence-electron chi connectivity index (χ0n) is 16.1. The Labute approximate surface area is 172 Å². The Morgan fingerprint density at radius 3 is 2.33 bits per heavy atom. The van der Waals surface area contributed by atoms with Crippen LogP contribution in [-0.4, -0.2) is 31.6 Å². The van der Waals surface area contributed by atoms with Crippen LogP contribution in [0.4, 0.5) is 11.5 Å². The Kier molecular flexibility index (Phi) is 5.29. The second-order valence-corrected chi connectivity index (χ2v) is 6.52. The average Bonchev–Trinajstić information content (AvgIpc) is 3.21. The number of hydrogen-bond acceptors (Lipinski definition) is 5. The van der Waals surface area contributed by atoms with Gasteiger partial charge in [0, 0.05) is 24.4 Å². The fraction of sp³-hybridized carbons (Fsp3) is 0.0455. The van der Waals surface area contributed by atoms with E-state index in [1.807, 2.05) is 13.1 Å². The van der Waals surface area contributed by atoms with Crippen molar-refractivity contribution in [1.29, 1.82) is 0 Å². The third-order valence-electron chi connectivity index (χ3n) is 4.43.